The number of hydrogen-bond acceptors (Lipinski definition) is 8. The summed E-state index contributed by atoms with van der Waals surface area (Å²) in [6.07, 6.45) is 10.6. The van der Waals surface area contributed by atoms with Crippen molar-refractivity contribution in [1.82, 2.24) is 26.2 Å². The average molecular weight is 664 g/mol. The molecule has 0 aromatic rings. The van der Waals surface area contributed by atoms with Gasteiger partial charge in [-0.05, 0) is 41.9 Å². The summed E-state index contributed by atoms with van der Waals surface area (Å²) in [4.78, 5) is 54.6. The van der Waals surface area contributed by atoms with Gasteiger partial charge in [0, 0.05) is 25.8 Å². The first-order chi connectivity index (χ1) is 21.3. The van der Waals surface area contributed by atoms with Crippen LogP contribution in [0.2, 0.25) is 0 Å². The number of ketones is 1. The second-order valence-corrected chi connectivity index (χ2v) is 17.2. The van der Waals surface area contributed by atoms with Crippen LogP contribution >= 0.6 is 0 Å². The van der Waals surface area contributed by atoms with Crippen LogP contribution in [0.1, 0.15) is 79.6 Å². The van der Waals surface area contributed by atoms with Crippen molar-refractivity contribution in [2.45, 2.75) is 109 Å². The van der Waals surface area contributed by atoms with E-state index in [9.17, 15) is 32.7 Å². The molecule has 5 N–H and O–H groups in total. The predicted octanol–water partition coefficient (Wildman–Crippen LogP) is 1.49. The molecule has 12 nitrogen and oxygen atoms in total. The molecule has 6 atom stereocenters. The highest BCUT2D eigenvalue weighted by molar-refractivity contribution is 7.90. The lowest BCUT2D eigenvalue weighted by Crippen LogP contribution is -2.65. The summed E-state index contributed by atoms with van der Waals surface area (Å²) in [5.74, 6) is 0.0503. The molecule has 13 heteroatoms. The van der Waals surface area contributed by atoms with E-state index in [1.807, 2.05) is 34.6 Å². The second kappa shape index (κ2) is 14.4. The van der Waals surface area contributed by atoms with Crippen molar-refractivity contribution < 1.29 is 32.7 Å². The fourth-order valence-corrected chi connectivity index (χ4v) is 8.81. The van der Waals surface area contributed by atoms with E-state index in [0.717, 1.165) is 25.5 Å². The van der Waals surface area contributed by atoms with E-state index < -0.39 is 68.8 Å². The number of sulfone groups is 1. The van der Waals surface area contributed by atoms with Gasteiger partial charge in [-0.2, -0.15) is 0 Å². The number of aliphatic hydroxyl groups excluding tert-OH is 1. The number of urea groups is 1. The Kier molecular flexibility index (Phi) is 11.8. The highest BCUT2D eigenvalue weighted by Crippen LogP contribution is 2.65. The van der Waals surface area contributed by atoms with Crippen LogP contribution in [0, 0.1) is 35.0 Å². The third-order valence-corrected chi connectivity index (χ3v) is 11.0. The van der Waals surface area contributed by atoms with Crippen molar-refractivity contribution >= 4 is 33.5 Å². The molecule has 0 aromatic heterocycles. The van der Waals surface area contributed by atoms with Gasteiger partial charge >= 0.3 is 6.03 Å². The van der Waals surface area contributed by atoms with E-state index >= 15 is 0 Å². The number of likely N-dealkylation sites (tertiary alicyclic amines) is 1. The molecule has 1 heterocycles. The Morgan fingerprint density at radius 1 is 1.13 bits per heavy atom. The van der Waals surface area contributed by atoms with Gasteiger partial charge in [0.25, 0.3) is 5.91 Å². The van der Waals surface area contributed by atoms with Crippen LogP contribution in [-0.2, 0) is 24.2 Å². The van der Waals surface area contributed by atoms with E-state index in [-0.39, 0.29) is 42.4 Å². The molecule has 4 amide bonds. The topological polar surface area (TPSA) is 174 Å². The quantitative estimate of drug-likeness (QED) is 0.106. The maximum absolute atomic E-state index is 14.0. The van der Waals surface area contributed by atoms with Gasteiger partial charge in [-0.3, -0.25) is 19.3 Å². The number of fused-ring (bicyclic) bond motifs is 1. The molecule has 2 aliphatic carbocycles. The number of nitrogens with zero attached hydrogens (tertiary/aromatic N) is 1. The molecule has 0 radical (unpaired) electrons. The van der Waals surface area contributed by atoms with Crippen LogP contribution in [0.25, 0.3) is 0 Å². The third kappa shape index (κ3) is 8.89. The Morgan fingerprint density at radius 2 is 1.76 bits per heavy atom. The molecule has 46 heavy (non-hydrogen) atoms. The van der Waals surface area contributed by atoms with Gasteiger partial charge in [0.2, 0.25) is 11.7 Å². The van der Waals surface area contributed by atoms with E-state index in [1.54, 1.807) is 4.90 Å². The predicted molar refractivity (Wildman–Crippen MR) is 176 cm³/mol. The Balaban J connectivity index is 1.84. The number of carbonyl (C=O) groups excluding carboxylic acids is 4. The van der Waals surface area contributed by atoms with E-state index in [0.29, 0.717) is 19.4 Å². The van der Waals surface area contributed by atoms with Crippen molar-refractivity contribution in [2.75, 3.05) is 25.1 Å². The summed E-state index contributed by atoms with van der Waals surface area (Å²) in [6, 6.07) is -3.43. The summed E-state index contributed by atoms with van der Waals surface area (Å²) in [6.45, 7) is 13.7. The molecule has 2 saturated carbocycles. The Hall–Kier alpha value is -2.95. The molecule has 0 aromatic carbocycles. The third-order valence-electron chi connectivity index (χ3n) is 9.94. The first-order valence-corrected chi connectivity index (χ1v) is 18.2. The van der Waals surface area contributed by atoms with Gasteiger partial charge in [0.05, 0.1) is 29.4 Å². The van der Waals surface area contributed by atoms with Crippen molar-refractivity contribution in [3.05, 3.63) is 12.7 Å². The second-order valence-electron chi connectivity index (χ2n) is 15.0. The van der Waals surface area contributed by atoms with Crippen LogP contribution < -0.4 is 21.3 Å². The van der Waals surface area contributed by atoms with Crippen LogP contribution in [0.15, 0.2) is 12.7 Å². The first kappa shape index (κ1) is 37.5. The molecule has 1 aliphatic heterocycles. The molecule has 3 rings (SSSR count). The van der Waals surface area contributed by atoms with E-state index in [4.69, 9.17) is 6.42 Å². The smallest absolute Gasteiger partial charge is 0.315 e. The molecule has 1 saturated heterocycles. The first-order valence-electron chi connectivity index (χ1n) is 16.1. The van der Waals surface area contributed by atoms with E-state index in [1.165, 1.54) is 6.08 Å². The standard InChI is InChI=1S/C33H53N5O7S/c1-9-11-15-22(25(39)28(41)34-18-10-2)35-27(40)24-23-21(32(23,6)7)19-38(24)29(42)26(31(3,4)5)36-30(43)37-33(20-46(8,44)45)16-13-12-14-17-33/h1,10,21-24,26,29,42H,2,11-20H2,3-8H3,(H,34,41)(H,35,40)(H2,36,37,43)/t21?,22?,23?,24?,26-,29?/m1/s1. The van der Waals surface area contributed by atoms with Crippen molar-refractivity contribution in [1.29, 1.82) is 0 Å². The number of Topliss-reactive ketones (excluding diaryl/α,β-unsaturated/α-hetero) is 1. The van der Waals surface area contributed by atoms with Crippen molar-refractivity contribution in [3.8, 4) is 12.3 Å². The normalized spacial score (nSPS) is 25.5. The minimum atomic E-state index is -3.38. The SMILES string of the molecule is C#CCCC(NC(=O)C1C2C(CN1C(O)[C@@H](NC(=O)NC1(CS(C)(=O)=O)CCCCC1)C(C)(C)C)C2(C)C)C(=O)C(=O)NCC=C. The zero-order valence-electron chi connectivity index (χ0n) is 28.1. The number of amides is 4. The largest absolute Gasteiger partial charge is 0.376 e. The summed E-state index contributed by atoms with van der Waals surface area (Å²) < 4.78 is 24.6. The number of piperidine rings is 1. The maximum Gasteiger partial charge on any atom is 0.315 e. The highest BCUT2D eigenvalue weighted by Gasteiger charge is 2.69. The molecule has 0 bridgehead atoms. The van der Waals surface area contributed by atoms with Gasteiger partial charge < -0.3 is 26.4 Å². The zero-order chi connectivity index (χ0) is 34.7. The number of carbonyl (C=O) groups is 4. The Morgan fingerprint density at radius 3 is 2.30 bits per heavy atom. The van der Waals surface area contributed by atoms with Crippen LogP contribution in [0.5, 0.6) is 0 Å². The lowest BCUT2D eigenvalue weighted by molar-refractivity contribution is -0.142. The van der Waals surface area contributed by atoms with Gasteiger partial charge in [-0.1, -0.05) is 60.0 Å². The number of aliphatic hydroxyl groups is 1. The molecule has 3 fully saturated rings. The molecule has 258 valence electrons. The van der Waals surface area contributed by atoms with Gasteiger partial charge in [0.15, 0.2) is 0 Å². The fraction of sp³-hybridized carbons (Fsp3) is 0.758. The average Bonchev–Trinajstić information content (AvgIpc) is 3.26. The molecular formula is C33H53N5O7S. The lowest BCUT2D eigenvalue weighted by atomic mass is 9.83. The molecule has 0 spiro atoms. The van der Waals surface area contributed by atoms with Gasteiger partial charge in [0.1, 0.15) is 16.1 Å². The van der Waals surface area contributed by atoms with Gasteiger partial charge in [-0.15, -0.1) is 18.9 Å². The number of terminal acetylenes is 1. The summed E-state index contributed by atoms with van der Waals surface area (Å²) in [7, 11) is -3.38. The van der Waals surface area contributed by atoms with Crippen molar-refractivity contribution in [2.24, 2.45) is 22.7 Å². The van der Waals surface area contributed by atoms with Gasteiger partial charge in [-0.25, -0.2) is 13.2 Å². The maximum atomic E-state index is 14.0. The Bertz CT molecular complexity index is 1330. The fourth-order valence-electron chi connectivity index (χ4n) is 7.44. The van der Waals surface area contributed by atoms with Crippen molar-refractivity contribution in [3.63, 3.8) is 0 Å². The summed E-state index contributed by atoms with van der Waals surface area (Å²) in [5.41, 5.74) is -1.77. The highest BCUT2D eigenvalue weighted by atomic mass is 32.2. The van der Waals surface area contributed by atoms with Crippen LogP contribution in [0.4, 0.5) is 4.79 Å². The molecular weight excluding hydrogens is 610 g/mol. The zero-order valence-corrected chi connectivity index (χ0v) is 29.0. The molecule has 5 unspecified atom stereocenters. The monoisotopic (exact) mass is 663 g/mol. The van der Waals surface area contributed by atoms with Crippen LogP contribution in [-0.4, -0.2) is 97.0 Å². The lowest BCUT2D eigenvalue weighted by Gasteiger charge is -2.43. The molecule has 3 aliphatic rings. The number of nitrogens with one attached hydrogen (secondary N) is 4. The minimum Gasteiger partial charge on any atom is -0.376 e. The Labute approximate surface area is 274 Å². The minimum absolute atomic E-state index is 0.0664. The number of hydrogen-bond donors (Lipinski definition) is 5. The van der Waals surface area contributed by atoms with E-state index in [2.05, 4.69) is 33.8 Å². The number of rotatable bonds is 14. The summed E-state index contributed by atoms with van der Waals surface area (Å²) in [5, 5.41) is 22.9. The van der Waals surface area contributed by atoms with Crippen LogP contribution in [0.3, 0.4) is 0 Å². The summed E-state index contributed by atoms with van der Waals surface area (Å²) >= 11 is 0.